The van der Waals surface area contributed by atoms with Crippen molar-refractivity contribution in [2.75, 3.05) is 4.90 Å². The third-order valence-corrected chi connectivity index (χ3v) is 7.29. The molecule has 3 aromatic carbocycles. The summed E-state index contributed by atoms with van der Waals surface area (Å²) in [4.78, 5) is 6.69. The first kappa shape index (κ1) is 24.2. The molecule has 3 heterocycles. The van der Waals surface area contributed by atoms with Crippen LogP contribution in [0.1, 0.15) is 29.1 Å². The van der Waals surface area contributed by atoms with E-state index in [2.05, 4.69) is 15.2 Å². The van der Waals surface area contributed by atoms with Crippen LogP contribution in [0.4, 0.5) is 5.69 Å². The lowest BCUT2D eigenvalue weighted by Crippen LogP contribution is -2.29. The van der Waals surface area contributed by atoms with Gasteiger partial charge in [0.1, 0.15) is 29.1 Å². The molecule has 0 saturated carbocycles. The van der Waals surface area contributed by atoms with Gasteiger partial charge in [-0.3, -0.25) is 4.98 Å². The lowest BCUT2D eigenvalue weighted by Gasteiger charge is -2.26. The van der Waals surface area contributed by atoms with Crippen molar-refractivity contribution >= 4 is 34.6 Å². The van der Waals surface area contributed by atoms with Crippen molar-refractivity contribution in [1.82, 2.24) is 10.3 Å². The standard InChI is InChI=1S/C31H24ClN3O2S/c1-20-10-11-21(19-25(20)32)27-16-17-28(37-27)30-29(26-9-5-6-18-33-26)34-31(38)35(30)22-12-14-24(15-13-22)36-23-7-3-2-4-8-23/h2-19,29-30H,1H3,(H,34,38)/t29-,30-/m1/s1. The first-order valence-electron chi connectivity index (χ1n) is 12.3. The fourth-order valence-corrected chi connectivity index (χ4v) is 5.16. The van der Waals surface area contributed by atoms with Gasteiger partial charge >= 0.3 is 0 Å². The Labute approximate surface area is 231 Å². The number of thiocarbonyl (C=S) groups is 1. The van der Waals surface area contributed by atoms with E-state index in [4.69, 9.17) is 33.0 Å². The number of nitrogens with zero attached hydrogens (tertiary/aromatic N) is 2. The fraction of sp³-hybridized carbons (Fsp3) is 0.0968. The van der Waals surface area contributed by atoms with Crippen molar-refractivity contribution < 1.29 is 9.15 Å². The van der Waals surface area contributed by atoms with Gasteiger partial charge < -0.3 is 19.4 Å². The molecule has 1 aliphatic rings. The summed E-state index contributed by atoms with van der Waals surface area (Å²) in [6, 6.07) is 32.9. The van der Waals surface area contributed by atoms with E-state index in [0.717, 1.165) is 45.5 Å². The second-order valence-electron chi connectivity index (χ2n) is 9.07. The quantitative estimate of drug-likeness (QED) is 0.220. The van der Waals surface area contributed by atoms with Gasteiger partial charge in [-0.2, -0.15) is 0 Å². The largest absolute Gasteiger partial charge is 0.459 e. The monoisotopic (exact) mass is 537 g/mol. The zero-order valence-corrected chi connectivity index (χ0v) is 22.1. The van der Waals surface area contributed by atoms with Crippen molar-refractivity contribution in [2.45, 2.75) is 19.0 Å². The van der Waals surface area contributed by atoms with Crippen molar-refractivity contribution in [3.05, 3.63) is 131 Å². The number of halogens is 1. The Morgan fingerprint density at radius 1 is 0.895 bits per heavy atom. The molecular weight excluding hydrogens is 514 g/mol. The van der Waals surface area contributed by atoms with E-state index in [-0.39, 0.29) is 12.1 Å². The van der Waals surface area contributed by atoms with Gasteiger partial charge in [-0.05, 0) is 91.4 Å². The number of hydrogen-bond acceptors (Lipinski definition) is 4. The van der Waals surface area contributed by atoms with Gasteiger partial charge in [0.05, 0.1) is 11.7 Å². The van der Waals surface area contributed by atoms with E-state index in [1.54, 1.807) is 6.20 Å². The van der Waals surface area contributed by atoms with E-state index >= 15 is 0 Å². The predicted molar refractivity (Wildman–Crippen MR) is 155 cm³/mol. The summed E-state index contributed by atoms with van der Waals surface area (Å²) in [5.41, 5.74) is 3.74. The SMILES string of the molecule is Cc1ccc(-c2ccc([C@@H]3[C@@H](c4ccccn4)NC(=S)N3c3ccc(Oc4ccccc4)cc3)o2)cc1Cl. The van der Waals surface area contributed by atoms with Crippen molar-refractivity contribution in [1.29, 1.82) is 0 Å². The summed E-state index contributed by atoms with van der Waals surface area (Å²) in [7, 11) is 0. The number of pyridine rings is 1. The van der Waals surface area contributed by atoms with E-state index < -0.39 is 0 Å². The maximum absolute atomic E-state index is 6.45. The zero-order chi connectivity index (χ0) is 26.1. The molecule has 188 valence electrons. The van der Waals surface area contributed by atoms with Crippen LogP contribution in [0.15, 0.2) is 114 Å². The van der Waals surface area contributed by atoms with Crippen molar-refractivity contribution in [3.8, 4) is 22.8 Å². The first-order valence-corrected chi connectivity index (χ1v) is 13.1. The number of nitrogens with one attached hydrogen (secondary N) is 1. The number of benzene rings is 3. The minimum Gasteiger partial charge on any atom is -0.459 e. The molecule has 1 N–H and O–H groups in total. The molecule has 0 unspecified atom stereocenters. The van der Waals surface area contributed by atoms with E-state index in [1.807, 2.05) is 110 Å². The summed E-state index contributed by atoms with van der Waals surface area (Å²) in [6.45, 7) is 1.98. The molecule has 0 spiro atoms. The average molecular weight is 538 g/mol. The predicted octanol–water partition coefficient (Wildman–Crippen LogP) is 8.27. The summed E-state index contributed by atoms with van der Waals surface area (Å²) in [5.74, 6) is 3.04. The van der Waals surface area contributed by atoms with Crippen molar-refractivity contribution in [2.24, 2.45) is 0 Å². The summed E-state index contributed by atoms with van der Waals surface area (Å²) in [6.07, 6.45) is 1.79. The molecule has 1 aliphatic heterocycles. The van der Waals surface area contributed by atoms with Crippen LogP contribution < -0.4 is 15.0 Å². The number of furan rings is 1. The highest BCUT2D eigenvalue weighted by Crippen LogP contribution is 2.43. The Morgan fingerprint density at radius 2 is 1.66 bits per heavy atom. The lowest BCUT2D eigenvalue weighted by molar-refractivity contribution is 0.439. The van der Waals surface area contributed by atoms with Crippen LogP contribution in [0.5, 0.6) is 11.5 Å². The highest BCUT2D eigenvalue weighted by molar-refractivity contribution is 7.80. The normalized spacial score (nSPS) is 16.9. The third-order valence-electron chi connectivity index (χ3n) is 6.57. The van der Waals surface area contributed by atoms with Gasteiger partial charge in [0.25, 0.3) is 0 Å². The van der Waals surface area contributed by atoms with Gasteiger partial charge in [-0.25, -0.2) is 0 Å². The maximum Gasteiger partial charge on any atom is 0.174 e. The Hall–Kier alpha value is -4.13. The Morgan fingerprint density at radius 3 is 2.39 bits per heavy atom. The second-order valence-corrected chi connectivity index (χ2v) is 9.87. The molecule has 38 heavy (non-hydrogen) atoms. The molecule has 0 radical (unpaired) electrons. The van der Waals surface area contributed by atoms with Crippen LogP contribution in [0.3, 0.4) is 0 Å². The minimum atomic E-state index is -0.257. The van der Waals surface area contributed by atoms with Crippen LogP contribution in [0.25, 0.3) is 11.3 Å². The first-order chi connectivity index (χ1) is 18.6. The van der Waals surface area contributed by atoms with Gasteiger partial charge in [0.2, 0.25) is 0 Å². The molecule has 2 atom stereocenters. The Kier molecular flexibility index (Phi) is 6.58. The molecule has 5 nitrogen and oxygen atoms in total. The molecule has 5 aromatic rings. The zero-order valence-electron chi connectivity index (χ0n) is 20.5. The number of hydrogen-bond donors (Lipinski definition) is 1. The van der Waals surface area contributed by atoms with E-state index in [1.165, 1.54) is 0 Å². The van der Waals surface area contributed by atoms with Gasteiger partial charge in [0.15, 0.2) is 5.11 Å². The number of ether oxygens (including phenoxy) is 1. The summed E-state index contributed by atoms with van der Waals surface area (Å²) in [5, 5.41) is 4.77. The van der Waals surface area contributed by atoms with Gasteiger partial charge in [0, 0.05) is 22.5 Å². The van der Waals surface area contributed by atoms with Crippen molar-refractivity contribution in [3.63, 3.8) is 0 Å². The maximum atomic E-state index is 6.45. The Bertz CT molecular complexity index is 1570. The highest BCUT2D eigenvalue weighted by Gasteiger charge is 2.42. The van der Waals surface area contributed by atoms with E-state index in [9.17, 15) is 0 Å². The van der Waals surface area contributed by atoms with Gasteiger partial charge in [-0.1, -0.05) is 48.0 Å². The van der Waals surface area contributed by atoms with Crippen LogP contribution in [0, 0.1) is 6.92 Å². The van der Waals surface area contributed by atoms with Crippen LogP contribution in [0.2, 0.25) is 5.02 Å². The lowest BCUT2D eigenvalue weighted by atomic mass is 10.0. The molecule has 1 fully saturated rings. The average Bonchev–Trinajstić information content (AvgIpc) is 3.56. The number of rotatable bonds is 6. The number of anilines is 1. The van der Waals surface area contributed by atoms with Crippen LogP contribution in [-0.2, 0) is 0 Å². The minimum absolute atomic E-state index is 0.204. The second kappa shape index (κ2) is 10.3. The molecular formula is C31H24ClN3O2S. The molecule has 7 heteroatoms. The summed E-state index contributed by atoms with van der Waals surface area (Å²) >= 11 is 12.2. The smallest absolute Gasteiger partial charge is 0.174 e. The Balaban J connectivity index is 1.36. The van der Waals surface area contributed by atoms with Crippen LogP contribution >= 0.6 is 23.8 Å². The topological polar surface area (TPSA) is 50.5 Å². The van der Waals surface area contributed by atoms with Gasteiger partial charge in [-0.15, -0.1) is 0 Å². The molecule has 1 saturated heterocycles. The molecule has 0 amide bonds. The number of para-hydroxylation sites is 1. The molecule has 2 aromatic heterocycles. The highest BCUT2D eigenvalue weighted by atomic mass is 35.5. The third kappa shape index (κ3) is 4.76. The number of aryl methyl sites for hydroxylation is 1. The fourth-order valence-electron chi connectivity index (χ4n) is 4.63. The molecule has 6 rings (SSSR count). The number of aromatic nitrogens is 1. The van der Waals surface area contributed by atoms with E-state index in [0.29, 0.717) is 10.1 Å². The summed E-state index contributed by atoms with van der Waals surface area (Å²) < 4.78 is 12.4. The van der Waals surface area contributed by atoms with Crippen LogP contribution in [-0.4, -0.2) is 10.1 Å². The molecule has 0 bridgehead atoms. The molecule has 0 aliphatic carbocycles.